The Kier molecular flexibility index (Phi) is 5.66. The molecule has 1 unspecified atom stereocenters. The van der Waals surface area contributed by atoms with Gasteiger partial charge in [-0.2, -0.15) is 0 Å². The summed E-state index contributed by atoms with van der Waals surface area (Å²) >= 11 is 1.20. The number of ether oxygens (including phenoxy) is 1. The third kappa shape index (κ3) is 3.85. The molecule has 2 amide bonds. The van der Waals surface area contributed by atoms with Crippen molar-refractivity contribution in [3.8, 4) is 0 Å². The summed E-state index contributed by atoms with van der Waals surface area (Å²) < 4.78 is 27.7. The standard InChI is InChI=1S/C14H18N2O8S2/c1-6(26(3,22)23)11(18)15-9-12(19)16-10(14(20)21)8(4-24-7(2)17)5-25-13(9)16/h6,9,13H,4-5H2,1-3H3,(H,15,18)(H,20,21)/t6?,9-,13-/m1/s1. The molecule has 10 nitrogen and oxygen atoms in total. The molecule has 1 saturated heterocycles. The Morgan fingerprint density at radius 3 is 2.54 bits per heavy atom. The van der Waals surface area contributed by atoms with Crippen LogP contribution >= 0.6 is 11.8 Å². The van der Waals surface area contributed by atoms with Crippen molar-refractivity contribution in [1.82, 2.24) is 10.2 Å². The van der Waals surface area contributed by atoms with Crippen LogP contribution in [0.5, 0.6) is 0 Å². The van der Waals surface area contributed by atoms with Crippen LogP contribution in [0.2, 0.25) is 0 Å². The van der Waals surface area contributed by atoms with E-state index in [0.717, 1.165) is 11.2 Å². The van der Waals surface area contributed by atoms with E-state index >= 15 is 0 Å². The summed E-state index contributed by atoms with van der Waals surface area (Å²) in [5.74, 6) is -3.21. The highest BCUT2D eigenvalue weighted by Gasteiger charge is 2.54. The van der Waals surface area contributed by atoms with Gasteiger partial charge in [-0.25, -0.2) is 13.2 Å². The maximum absolute atomic E-state index is 12.3. The average molecular weight is 406 g/mol. The molecule has 0 aliphatic carbocycles. The molecule has 2 N–H and O–H groups in total. The number of fused-ring (bicyclic) bond motifs is 1. The number of amides is 2. The second kappa shape index (κ2) is 7.27. The Hall–Kier alpha value is -2.08. The van der Waals surface area contributed by atoms with Crippen LogP contribution in [0.3, 0.4) is 0 Å². The topological polar surface area (TPSA) is 147 Å². The minimum Gasteiger partial charge on any atom is -0.477 e. The molecule has 2 rings (SSSR count). The number of β-lactam (4-membered cyclic amide) rings is 1. The number of hydrogen-bond donors (Lipinski definition) is 2. The summed E-state index contributed by atoms with van der Waals surface area (Å²) in [6.07, 6.45) is 0.911. The van der Waals surface area contributed by atoms with Crippen molar-refractivity contribution in [1.29, 1.82) is 0 Å². The van der Waals surface area contributed by atoms with Gasteiger partial charge in [0, 0.05) is 24.5 Å². The third-order valence-corrected chi connectivity index (χ3v) is 6.85. The second-order valence-electron chi connectivity index (χ2n) is 5.91. The van der Waals surface area contributed by atoms with E-state index in [1.54, 1.807) is 0 Å². The van der Waals surface area contributed by atoms with Crippen LogP contribution in [0, 0.1) is 0 Å². The van der Waals surface area contributed by atoms with E-state index in [-0.39, 0.29) is 23.6 Å². The van der Waals surface area contributed by atoms with E-state index in [4.69, 9.17) is 4.74 Å². The Balaban J connectivity index is 2.17. The predicted molar refractivity (Wildman–Crippen MR) is 90.6 cm³/mol. The molecule has 1 fully saturated rings. The lowest BCUT2D eigenvalue weighted by atomic mass is 10.0. The maximum atomic E-state index is 12.3. The van der Waals surface area contributed by atoms with Crippen LogP contribution < -0.4 is 5.32 Å². The van der Waals surface area contributed by atoms with Gasteiger partial charge < -0.3 is 15.2 Å². The summed E-state index contributed by atoms with van der Waals surface area (Å²) in [5.41, 5.74) is -0.00163. The number of carboxylic acids is 1. The Morgan fingerprint density at radius 2 is 2.04 bits per heavy atom. The lowest BCUT2D eigenvalue weighted by molar-refractivity contribution is -0.151. The molecule has 2 aliphatic heterocycles. The zero-order valence-electron chi connectivity index (χ0n) is 14.2. The van der Waals surface area contributed by atoms with Crippen molar-refractivity contribution in [2.24, 2.45) is 0 Å². The Morgan fingerprint density at radius 1 is 1.42 bits per heavy atom. The number of thioether (sulfide) groups is 1. The first kappa shape index (κ1) is 20.2. The van der Waals surface area contributed by atoms with Crippen molar-refractivity contribution in [3.63, 3.8) is 0 Å². The third-order valence-electron chi connectivity index (χ3n) is 4.01. The van der Waals surface area contributed by atoms with Gasteiger partial charge in [0.2, 0.25) is 5.91 Å². The zero-order valence-corrected chi connectivity index (χ0v) is 15.8. The van der Waals surface area contributed by atoms with E-state index in [0.29, 0.717) is 0 Å². The van der Waals surface area contributed by atoms with Crippen molar-refractivity contribution < 1.29 is 37.4 Å². The van der Waals surface area contributed by atoms with E-state index in [2.05, 4.69) is 5.32 Å². The molecule has 12 heteroatoms. The number of aliphatic carboxylic acids is 1. The lowest BCUT2D eigenvalue weighted by Gasteiger charge is -2.49. The summed E-state index contributed by atoms with van der Waals surface area (Å²) in [5, 5.41) is 9.79. The fourth-order valence-electron chi connectivity index (χ4n) is 2.45. The smallest absolute Gasteiger partial charge is 0.352 e. The molecule has 0 aromatic rings. The molecule has 0 spiro atoms. The maximum Gasteiger partial charge on any atom is 0.352 e. The van der Waals surface area contributed by atoms with Crippen LogP contribution in [0.4, 0.5) is 0 Å². The molecule has 3 atom stereocenters. The first-order chi connectivity index (χ1) is 11.9. The van der Waals surface area contributed by atoms with Crippen molar-refractivity contribution in [2.45, 2.75) is 30.5 Å². The number of carboxylic acid groups (broad SMARTS) is 1. The number of nitrogens with one attached hydrogen (secondary N) is 1. The number of nitrogens with zero attached hydrogens (tertiary/aromatic N) is 1. The van der Waals surface area contributed by atoms with Crippen molar-refractivity contribution in [3.05, 3.63) is 11.3 Å². The first-order valence-electron chi connectivity index (χ1n) is 7.47. The van der Waals surface area contributed by atoms with Gasteiger partial charge in [-0.05, 0) is 6.92 Å². The van der Waals surface area contributed by atoms with Gasteiger partial charge in [-0.1, -0.05) is 0 Å². The lowest BCUT2D eigenvalue weighted by Crippen LogP contribution is -2.71. The summed E-state index contributed by atoms with van der Waals surface area (Å²) in [7, 11) is -3.62. The van der Waals surface area contributed by atoms with Crippen LogP contribution in [-0.2, 0) is 33.8 Å². The van der Waals surface area contributed by atoms with Gasteiger partial charge in [-0.15, -0.1) is 11.8 Å². The van der Waals surface area contributed by atoms with Crippen molar-refractivity contribution in [2.75, 3.05) is 18.6 Å². The van der Waals surface area contributed by atoms with Gasteiger partial charge in [0.25, 0.3) is 5.91 Å². The molecule has 0 radical (unpaired) electrons. The van der Waals surface area contributed by atoms with E-state index in [1.165, 1.54) is 25.6 Å². The zero-order chi connectivity index (χ0) is 19.8. The van der Waals surface area contributed by atoms with Gasteiger partial charge >= 0.3 is 11.9 Å². The molecule has 144 valence electrons. The number of sulfone groups is 1. The monoisotopic (exact) mass is 406 g/mol. The predicted octanol–water partition coefficient (Wildman–Crippen LogP) is -1.28. The highest BCUT2D eigenvalue weighted by molar-refractivity contribution is 8.00. The van der Waals surface area contributed by atoms with Crippen LogP contribution in [0.1, 0.15) is 13.8 Å². The Labute approximate surface area is 153 Å². The molecule has 0 aromatic heterocycles. The number of carbonyl (C=O) groups excluding carboxylic acids is 3. The molecular weight excluding hydrogens is 388 g/mol. The number of hydrogen-bond acceptors (Lipinski definition) is 8. The normalized spacial score (nSPS) is 23.7. The quantitative estimate of drug-likeness (QED) is 0.406. The fraction of sp³-hybridized carbons (Fsp3) is 0.571. The second-order valence-corrected chi connectivity index (χ2v) is 9.38. The minimum absolute atomic E-state index is 0.192. The fourth-order valence-corrected chi connectivity index (χ4v) is 4.23. The first-order valence-corrected chi connectivity index (χ1v) is 10.5. The molecule has 2 heterocycles. The van der Waals surface area contributed by atoms with Crippen LogP contribution in [0.25, 0.3) is 0 Å². The molecule has 0 saturated carbocycles. The minimum atomic E-state index is -3.62. The molecule has 0 aromatic carbocycles. The molecule has 26 heavy (non-hydrogen) atoms. The SMILES string of the molecule is CC(=O)OCC1=C(C(=O)O)N2C(=O)[C@@H](NC(=O)C(C)S(C)(=O)=O)[C@H]2SC1. The van der Waals surface area contributed by atoms with E-state index < -0.39 is 50.3 Å². The van der Waals surface area contributed by atoms with Gasteiger partial charge in [0.1, 0.15) is 29.0 Å². The Bertz CT molecular complexity index is 804. The summed E-state index contributed by atoms with van der Waals surface area (Å²) in [6.45, 7) is 2.14. The van der Waals surface area contributed by atoms with Gasteiger partial charge in [-0.3, -0.25) is 19.3 Å². The van der Waals surface area contributed by atoms with E-state index in [1.807, 2.05) is 0 Å². The summed E-state index contributed by atoms with van der Waals surface area (Å²) in [6, 6.07) is -1.01. The van der Waals surface area contributed by atoms with Crippen LogP contribution in [0.15, 0.2) is 11.3 Å². The highest BCUT2D eigenvalue weighted by atomic mass is 32.2. The van der Waals surface area contributed by atoms with E-state index in [9.17, 15) is 32.7 Å². The average Bonchev–Trinajstić information content (AvgIpc) is 2.54. The van der Waals surface area contributed by atoms with Gasteiger partial charge in [0.05, 0.1) is 0 Å². The number of rotatable bonds is 6. The summed E-state index contributed by atoms with van der Waals surface area (Å²) in [4.78, 5) is 47.9. The van der Waals surface area contributed by atoms with Crippen molar-refractivity contribution >= 4 is 45.4 Å². The number of esters is 1. The van der Waals surface area contributed by atoms with Gasteiger partial charge in [0.15, 0.2) is 9.84 Å². The number of carbonyl (C=O) groups is 4. The largest absolute Gasteiger partial charge is 0.477 e. The molecule has 0 bridgehead atoms. The molecule has 2 aliphatic rings. The molecular formula is C14H18N2O8S2. The highest BCUT2D eigenvalue weighted by Crippen LogP contribution is 2.40. The van der Waals surface area contributed by atoms with Crippen LogP contribution in [-0.4, -0.2) is 77.5 Å².